The van der Waals surface area contributed by atoms with Crippen LogP contribution in [0.2, 0.25) is 0 Å². The third kappa shape index (κ3) is 5.00. The molecule has 0 N–H and O–H groups in total. The molecule has 0 saturated heterocycles. The van der Waals surface area contributed by atoms with Gasteiger partial charge in [-0.1, -0.05) is 158 Å². The molecular weight excluding hydrogens is 703 g/mol. The molecule has 58 heavy (non-hydrogen) atoms. The lowest BCUT2D eigenvalue weighted by atomic mass is 9.80. The second-order valence-electron chi connectivity index (χ2n) is 15.6. The number of ether oxygens (including phenoxy) is 1. The number of hydrogen-bond acceptors (Lipinski definition) is 1. The summed E-state index contributed by atoms with van der Waals surface area (Å²) in [7, 11) is 0. The van der Waals surface area contributed by atoms with Crippen molar-refractivity contribution in [1.29, 1.82) is 0 Å². The van der Waals surface area contributed by atoms with Crippen LogP contribution in [0.1, 0.15) is 24.0 Å². The Balaban J connectivity index is 1.03. The Labute approximate surface area is 338 Å². The van der Waals surface area contributed by atoms with Crippen molar-refractivity contribution in [2.24, 2.45) is 5.92 Å². The smallest absolute Gasteiger partial charge is 0.134 e. The van der Waals surface area contributed by atoms with E-state index in [-0.39, 0.29) is 12.0 Å². The Hall–Kier alpha value is -7.34. The summed E-state index contributed by atoms with van der Waals surface area (Å²) >= 11 is 0. The van der Waals surface area contributed by atoms with Gasteiger partial charge in [0.25, 0.3) is 0 Å². The molecule has 0 fully saturated rings. The third-order valence-electron chi connectivity index (χ3n) is 12.5. The zero-order chi connectivity index (χ0) is 38.2. The normalized spacial score (nSPS) is 17.2. The first-order valence-electron chi connectivity index (χ1n) is 20.3. The molecule has 9 aromatic rings. The van der Waals surface area contributed by atoms with E-state index in [4.69, 9.17) is 4.74 Å². The van der Waals surface area contributed by atoms with E-state index in [0.717, 1.165) is 40.7 Å². The van der Waals surface area contributed by atoms with E-state index in [1.54, 1.807) is 0 Å². The number of rotatable bonds is 5. The summed E-state index contributed by atoms with van der Waals surface area (Å²) in [5.74, 6) is 1.31. The molecule has 0 radical (unpaired) electrons. The number of benzene rings is 7. The predicted octanol–water partition coefficient (Wildman–Crippen LogP) is 14.1. The van der Waals surface area contributed by atoms with E-state index in [9.17, 15) is 0 Å². The number of hydrogen-bond donors (Lipinski definition) is 0. The van der Waals surface area contributed by atoms with Gasteiger partial charge in [-0.2, -0.15) is 0 Å². The van der Waals surface area contributed by atoms with Gasteiger partial charge >= 0.3 is 0 Å². The van der Waals surface area contributed by atoms with Crippen LogP contribution in [-0.4, -0.2) is 10.7 Å². The van der Waals surface area contributed by atoms with Gasteiger partial charge < -0.3 is 9.30 Å². The molecule has 2 atom stereocenters. The largest absolute Gasteiger partial charge is 0.484 e. The molecular formula is C56H37NO. The van der Waals surface area contributed by atoms with Crippen LogP contribution < -0.4 is 0 Å². The van der Waals surface area contributed by atoms with Crippen LogP contribution in [0.5, 0.6) is 0 Å². The van der Waals surface area contributed by atoms with E-state index in [2.05, 4.69) is 199 Å². The monoisotopic (exact) mass is 739 g/mol. The van der Waals surface area contributed by atoms with Crippen molar-refractivity contribution in [3.05, 3.63) is 223 Å². The Morgan fingerprint density at radius 2 is 1.24 bits per heavy atom. The molecule has 1 aliphatic heterocycles. The first-order valence-corrected chi connectivity index (χ1v) is 20.3. The van der Waals surface area contributed by atoms with Crippen molar-refractivity contribution >= 4 is 54.5 Å². The standard InChI is InChI=1S/C56H37NO/c1-4-16-36(17-5-1)41-25-14-27-47-48-28-15-26-42(56(48)58-55(41)47)39-30-33-52-49(34-39)43-22-12-13-29-51(43)57(52)40-31-32-46-50(35-40)54(38-20-8-3-9-21-38)45-24-11-10-23-44(45)53(46)37-18-6-2-7-19-37/h1-12,14,16-27,30-35,47,55H,15,28H2. The highest BCUT2D eigenvalue weighted by Crippen LogP contribution is 2.50. The highest BCUT2D eigenvalue weighted by Gasteiger charge is 2.41. The summed E-state index contributed by atoms with van der Waals surface area (Å²) in [6.45, 7) is 0. The molecule has 0 amide bonds. The minimum Gasteiger partial charge on any atom is -0.484 e. The zero-order valence-electron chi connectivity index (χ0n) is 31.8. The van der Waals surface area contributed by atoms with Crippen molar-refractivity contribution in [2.45, 2.75) is 18.9 Å². The van der Waals surface area contributed by atoms with Crippen LogP contribution in [0, 0.1) is 18.1 Å². The van der Waals surface area contributed by atoms with Gasteiger partial charge in [0.2, 0.25) is 0 Å². The van der Waals surface area contributed by atoms with Gasteiger partial charge in [-0.3, -0.25) is 0 Å². The van der Waals surface area contributed by atoms with Crippen molar-refractivity contribution in [1.82, 2.24) is 4.57 Å². The van der Waals surface area contributed by atoms with Crippen LogP contribution in [0.4, 0.5) is 0 Å². The molecule has 12 rings (SSSR count). The number of nitrogens with zero attached hydrogens (tertiary/aromatic N) is 1. The first-order chi connectivity index (χ1) is 28.8. The van der Waals surface area contributed by atoms with Gasteiger partial charge in [0.15, 0.2) is 0 Å². The second-order valence-corrected chi connectivity index (χ2v) is 15.6. The minimum atomic E-state index is -0.0112. The number of fused-ring (bicyclic) bond motifs is 7. The quantitative estimate of drug-likeness (QED) is 0.160. The molecule has 0 bridgehead atoms. The van der Waals surface area contributed by atoms with Gasteiger partial charge in [-0.15, -0.1) is 0 Å². The minimum absolute atomic E-state index is 0.0112. The summed E-state index contributed by atoms with van der Waals surface area (Å²) in [6, 6.07) is 66.2. The summed E-state index contributed by atoms with van der Waals surface area (Å²) < 4.78 is 9.39. The molecule has 272 valence electrons. The maximum Gasteiger partial charge on any atom is 0.134 e. The highest BCUT2D eigenvalue weighted by atomic mass is 16.5. The van der Waals surface area contributed by atoms with Gasteiger partial charge in [-0.05, 0) is 116 Å². The second kappa shape index (κ2) is 13.1. The van der Waals surface area contributed by atoms with Gasteiger partial charge in [0.1, 0.15) is 17.4 Å². The van der Waals surface area contributed by atoms with Crippen molar-refractivity contribution < 1.29 is 4.74 Å². The van der Waals surface area contributed by atoms with Crippen molar-refractivity contribution in [2.75, 3.05) is 0 Å². The molecule has 2 unspecified atom stereocenters. The van der Waals surface area contributed by atoms with Crippen LogP contribution in [0.25, 0.3) is 82.4 Å². The predicted molar refractivity (Wildman–Crippen MR) is 240 cm³/mol. The Morgan fingerprint density at radius 1 is 0.569 bits per heavy atom. The number of aromatic nitrogens is 1. The first kappa shape index (κ1) is 32.9. The fourth-order valence-electron chi connectivity index (χ4n) is 9.99. The maximum absolute atomic E-state index is 7.01. The Kier molecular flexibility index (Phi) is 7.43. The van der Waals surface area contributed by atoms with E-state index in [1.165, 1.54) is 77.0 Å². The SMILES string of the molecule is c1ccc2c3cc(C4=CCCC5=C4OC4C(c6ccccc6)=CC=CC54)ccc3n(-c3ccc4c(-c5ccccc5)c5ccccc5c(-c5ccccc5)c4c3)c2c#1. The summed E-state index contributed by atoms with van der Waals surface area (Å²) in [4.78, 5) is 0. The Bertz CT molecular complexity index is 3230. The molecule has 2 heteroatoms. The molecule has 3 aliphatic rings. The third-order valence-corrected chi connectivity index (χ3v) is 12.5. The molecule has 0 saturated carbocycles. The Morgan fingerprint density at radius 3 is 1.98 bits per heavy atom. The highest BCUT2D eigenvalue weighted by molar-refractivity contribution is 6.22. The fraction of sp³-hybridized carbons (Fsp3) is 0.0714. The number of allylic oxidation sites excluding steroid dienone is 4. The van der Waals surface area contributed by atoms with Crippen LogP contribution in [0.15, 0.2) is 199 Å². The lowest BCUT2D eigenvalue weighted by molar-refractivity contribution is 0.184. The lowest BCUT2D eigenvalue weighted by Gasteiger charge is -2.24. The van der Waals surface area contributed by atoms with Crippen LogP contribution in [0.3, 0.4) is 0 Å². The maximum atomic E-state index is 7.01. The molecule has 8 aromatic carbocycles. The van der Waals surface area contributed by atoms with Gasteiger partial charge in [-0.25, -0.2) is 0 Å². The molecule has 1 aromatic heterocycles. The molecule has 2 nitrogen and oxygen atoms in total. The summed E-state index contributed by atoms with van der Waals surface area (Å²) in [5.41, 5.74) is 14.5. The van der Waals surface area contributed by atoms with Crippen LogP contribution >= 0.6 is 0 Å². The van der Waals surface area contributed by atoms with Gasteiger partial charge in [0, 0.05) is 33.5 Å². The van der Waals surface area contributed by atoms with E-state index in [1.807, 2.05) is 6.07 Å². The van der Waals surface area contributed by atoms with Crippen molar-refractivity contribution in [3.8, 4) is 27.9 Å². The van der Waals surface area contributed by atoms with Crippen molar-refractivity contribution in [3.63, 3.8) is 0 Å². The average Bonchev–Trinajstić information content (AvgIpc) is 3.85. The molecule has 0 spiro atoms. The van der Waals surface area contributed by atoms with Gasteiger partial charge in [0.05, 0.1) is 5.52 Å². The van der Waals surface area contributed by atoms with E-state index < -0.39 is 0 Å². The van der Waals surface area contributed by atoms with Crippen LogP contribution in [-0.2, 0) is 4.74 Å². The summed E-state index contributed by atoms with van der Waals surface area (Å²) in [5, 5.41) is 7.30. The van der Waals surface area contributed by atoms with E-state index >= 15 is 0 Å². The van der Waals surface area contributed by atoms with E-state index in [0.29, 0.717) is 0 Å². The lowest BCUT2D eigenvalue weighted by Crippen LogP contribution is -2.21. The molecule has 2 heterocycles. The topological polar surface area (TPSA) is 14.2 Å². The summed E-state index contributed by atoms with van der Waals surface area (Å²) in [6.07, 6.45) is 11.2. The average molecular weight is 740 g/mol. The zero-order valence-corrected chi connectivity index (χ0v) is 31.8. The fourth-order valence-corrected chi connectivity index (χ4v) is 9.99. The molecule has 2 aliphatic carbocycles.